The molecule has 2 unspecified atom stereocenters. The molecule has 10 heteroatoms. The highest BCUT2D eigenvalue weighted by Crippen LogP contribution is 2.21. The molecule has 0 saturated carbocycles. The summed E-state index contributed by atoms with van der Waals surface area (Å²) in [6, 6.07) is 5.38. The number of unbranched alkanes of at least 4 members (excludes halogenated alkanes) is 2. The summed E-state index contributed by atoms with van der Waals surface area (Å²) < 4.78 is 0. The van der Waals surface area contributed by atoms with E-state index in [-0.39, 0.29) is 24.0 Å². The van der Waals surface area contributed by atoms with Crippen LogP contribution in [0, 0.1) is 11.8 Å². The molecule has 0 aliphatic heterocycles. The average molecular weight is 424 g/mol. The van der Waals surface area contributed by atoms with Crippen molar-refractivity contribution in [1.29, 1.82) is 0 Å². The van der Waals surface area contributed by atoms with Gasteiger partial charge in [0.05, 0.1) is 0 Å². The van der Waals surface area contributed by atoms with Crippen LogP contribution in [0.5, 0.6) is 0 Å². The van der Waals surface area contributed by atoms with Gasteiger partial charge in [-0.3, -0.25) is 9.59 Å². The highest BCUT2D eigenvalue weighted by molar-refractivity contribution is 6.10. The van der Waals surface area contributed by atoms with E-state index in [1.54, 1.807) is 0 Å². The monoisotopic (exact) mass is 424 g/mol. The third kappa shape index (κ3) is 7.30. The molecule has 0 amide bonds. The second-order valence-corrected chi connectivity index (χ2v) is 6.80. The van der Waals surface area contributed by atoms with Gasteiger partial charge in [0, 0.05) is 11.1 Å². The highest BCUT2D eigenvalue weighted by atomic mass is 17.1. The van der Waals surface area contributed by atoms with Crippen LogP contribution in [0.3, 0.4) is 0 Å². The maximum Gasteiger partial charge on any atom is 0.352 e. The van der Waals surface area contributed by atoms with Crippen LogP contribution < -0.4 is 11.5 Å². The van der Waals surface area contributed by atoms with Crippen LogP contribution in [-0.2, 0) is 19.4 Å². The number of hydrogen-bond acceptors (Lipinski definition) is 10. The lowest BCUT2D eigenvalue weighted by atomic mass is 9.89. The van der Waals surface area contributed by atoms with Gasteiger partial charge in [0.2, 0.25) is 0 Å². The molecule has 1 rings (SSSR count). The highest BCUT2D eigenvalue weighted by Gasteiger charge is 2.31. The number of carbonyl (C=O) groups excluding carboxylic acids is 4. The third-order valence-electron chi connectivity index (χ3n) is 4.73. The summed E-state index contributed by atoms with van der Waals surface area (Å²) in [6.07, 6.45) is 2.49. The van der Waals surface area contributed by atoms with Crippen molar-refractivity contribution in [2.45, 2.75) is 38.5 Å². The van der Waals surface area contributed by atoms with Crippen molar-refractivity contribution >= 4 is 23.5 Å². The number of Topliss-reactive ketones (excluding diaryl/α,β-unsaturated/α-hetero) is 2. The Hall–Kier alpha value is -2.66. The summed E-state index contributed by atoms with van der Waals surface area (Å²) >= 11 is 0. The SMILES string of the molecule is NCCCCC(C(=O)OO)C(=O)c1ccc(C(=O)C(CCCCN)C(=O)OO)cc1. The number of carbonyl (C=O) groups is 4. The van der Waals surface area contributed by atoms with E-state index in [4.69, 9.17) is 22.0 Å². The van der Waals surface area contributed by atoms with Gasteiger partial charge in [0.15, 0.2) is 11.6 Å². The van der Waals surface area contributed by atoms with Crippen LogP contribution in [0.15, 0.2) is 24.3 Å². The van der Waals surface area contributed by atoms with Gasteiger partial charge in [-0.2, -0.15) is 10.5 Å². The summed E-state index contributed by atoms with van der Waals surface area (Å²) in [5.74, 6) is -5.67. The molecule has 0 spiro atoms. The zero-order chi connectivity index (χ0) is 22.5. The van der Waals surface area contributed by atoms with E-state index in [0.29, 0.717) is 38.8 Å². The van der Waals surface area contributed by atoms with Crippen molar-refractivity contribution in [3.63, 3.8) is 0 Å². The molecule has 0 saturated heterocycles. The quantitative estimate of drug-likeness (QED) is 0.113. The van der Waals surface area contributed by atoms with Gasteiger partial charge >= 0.3 is 11.9 Å². The fourth-order valence-electron chi connectivity index (χ4n) is 3.03. The first kappa shape index (κ1) is 25.4. The molecule has 0 bridgehead atoms. The molecule has 6 N–H and O–H groups in total. The Bertz CT molecular complexity index is 659. The summed E-state index contributed by atoms with van der Waals surface area (Å²) in [5, 5.41) is 17.3. The fraction of sp³-hybridized carbons (Fsp3) is 0.500. The topological polar surface area (TPSA) is 179 Å². The van der Waals surface area contributed by atoms with Gasteiger partial charge in [0.1, 0.15) is 11.8 Å². The number of rotatable bonds is 14. The minimum atomic E-state index is -1.20. The van der Waals surface area contributed by atoms with Gasteiger partial charge in [-0.25, -0.2) is 9.59 Å². The minimum absolute atomic E-state index is 0.138. The molecule has 10 nitrogen and oxygen atoms in total. The predicted octanol–water partition coefficient (Wildman–Crippen LogP) is 1.57. The van der Waals surface area contributed by atoms with Crippen molar-refractivity contribution in [2.75, 3.05) is 13.1 Å². The molecular weight excluding hydrogens is 396 g/mol. The number of benzene rings is 1. The summed E-state index contributed by atoms with van der Waals surface area (Å²) in [7, 11) is 0. The van der Waals surface area contributed by atoms with Crippen LogP contribution in [0.2, 0.25) is 0 Å². The lowest BCUT2D eigenvalue weighted by Gasteiger charge is -2.14. The van der Waals surface area contributed by atoms with Crippen molar-refractivity contribution in [3.05, 3.63) is 35.4 Å². The average Bonchev–Trinajstić information content (AvgIpc) is 2.78. The van der Waals surface area contributed by atoms with Crippen molar-refractivity contribution in [3.8, 4) is 0 Å². The Morgan fingerprint density at radius 3 is 1.30 bits per heavy atom. The van der Waals surface area contributed by atoms with Gasteiger partial charge in [-0.15, -0.1) is 0 Å². The zero-order valence-corrected chi connectivity index (χ0v) is 16.6. The second kappa shape index (κ2) is 13.5. The summed E-state index contributed by atoms with van der Waals surface area (Å²) in [4.78, 5) is 56.3. The molecule has 0 aliphatic rings. The fourth-order valence-corrected chi connectivity index (χ4v) is 3.03. The maximum absolute atomic E-state index is 12.6. The van der Waals surface area contributed by atoms with E-state index in [2.05, 4.69) is 9.78 Å². The molecule has 0 fully saturated rings. The minimum Gasteiger partial charge on any atom is -0.330 e. The Kier molecular flexibility index (Phi) is 11.5. The Balaban J connectivity index is 2.97. The predicted molar refractivity (Wildman–Crippen MR) is 105 cm³/mol. The van der Waals surface area contributed by atoms with Gasteiger partial charge in [-0.1, -0.05) is 37.1 Å². The lowest BCUT2D eigenvalue weighted by Crippen LogP contribution is -2.27. The van der Waals surface area contributed by atoms with E-state index in [1.165, 1.54) is 24.3 Å². The van der Waals surface area contributed by atoms with Crippen LogP contribution in [0.1, 0.15) is 59.2 Å². The van der Waals surface area contributed by atoms with E-state index in [9.17, 15) is 19.2 Å². The normalized spacial score (nSPS) is 12.7. The summed E-state index contributed by atoms with van der Waals surface area (Å²) in [5.41, 5.74) is 11.1. The standard InChI is InChI=1S/C20H28N2O8/c21-11-3-1-5-15(19(25)29-27)17(23)13-7-9-14(10-8-13)18(24)16(20(26)30-28)6-2-4-12-22/h7-10,15-16,27-28H,1-6,11-12,21-22H2. The second-order valence-electron chi connectivity index (χ2n) is 6.80. The molecule has 1 aromatic carbocycles. The molecule has 0 aromatic heterocycles. The lowest BCUT2D eigenvalue weighted by molar-refractivity contribution is -0.237. The first-order valence-electron chi connectivity index (χ1n) is 9.70. The first-order valence-corrected chi connectivity index (χ1v) is 9.70. The van der Waals surface area contributed by atoms with Crippen molar-refractivity contribution in [1.82, 2.24) is 0 Å². The van der Waals surface area contributed by atoms with Crippen LogP contribution in [0.25, 0.3) is 0 Å². The Labute approximate surface area is 174 Å². The molecule has 2 atom stereocenters. The number of nitrogens with two attached hydrogens (primary N) is 2. The van der Waals surface area contributed by atoms with Gasteiger partial charge < -0.3 is 21.2 Å². The van der Waals surface area contributed by atoms with Crippen LogP contribution in [-0.4, -0.2) is 47.1 Å². The van der Waals surface area contributed by atoms with Crippen LogP contribution in [0.4, 0.5) is 0 Å². The van der Waals surface area contributed by atoms with Crippen molar-refractivity contribution < 1.29 is 39.5 Å². The Morgan fingerprint density at radius 2 is 1.03 bits per heavy atom. The van der Waals surface area contributed by atoms with Crippen molar-refractivity contribution in [2.24, 2.45) is 23.3 Å². The molecule has 0 aliphatic carbocycles. The number of ketones is 2. The van der Waals surface area contributed by atoms with E-state index in [1.807, 2.05) is 0 Å². The maximum atomic E-state index is 12.6. The zero-order valence-electron chi connectivity index (χ0n) is 16.6. The van der Waals surface area contributed by atoms with E-state index in [0.717, 1.165) is 0 Å². The molecule has 0 heterocycles. The molecular formula is C20H28N2O8. The molecule has 166 valence electrons. The van der Waals surface area contributed by atoms with E-state index >= 15 is 0 Å². The Morgan fingerprint density at radius 1 is 0.700 bits per heavy atom. The molecule has 0 radical (unpaired) electrons. The molecule has 30 heavy (non-hydrogen) atoms. The third-order valence-corrected chi connectivity index (χ3v) is 4.73. The smallest absolute Gasteiger partial charge is 0.330 e. The number of hydrogen-bond donors (Lipinski definition) is 4. The van der Waals surface area contributed by atoms with Gasteiger partial charge in [-0.05, 0) is 38.8 Å². The summed E-state index contributed by atoms with van der Waals surface area (Å²) in [6.45, 7) is 0.795. The largest absolute Gasteiger partial charge is 0.352 e. The van der Waals surface area contributed by atoms with Gasteiger partial charge in [0.25, 0.3) is 0 Å². The molecule has 1 aromatic rings. The van der Waals surface area contributed by atoms with Crippen LogP contribution >= 0.6 is 0 Å². The first-order chi connectivity index (χ1) is 14.4. The van der Waals surface area contributed by atoms with E-state index < -0.39 is 35.3 Å².